The van der Waals surface area contributed by atoms with Gasteiger partial charge in [0.15, 0.2) is 0 Å². The van der Waals surface area contributed by atoms with E-state index in [4.69, 9.17) is 0 Å². The summed E-state index contributed by atoms with van der Waals surface area (Å²) in [4.78, 5) is 23.9. The molecular weight excluding hydrogens is 471 g/mol. The van der Waals surface area contributed by atoms with E-state index in [-0.39, 0.29) is 28.3 Å². The molecule has 3 heteroatoms. The second kappa shape index (κ2) is 11.0. The van der Waals surface area contributed by atoms with Gasteiger partial charge in [0.05, 0.1) is 0 Å². The number of Topliss-reactive ketones (excluding diaryl/α,β-unsaturated/α-hetero) is 2. The van der Waals surface area contributed by atoms with Gasteiger partial charge < -0.3 is 0 Å². The van der Waals surface area contributed by atoms with Crippen LogP contribution in [-0.2, 0) is 9.59 Å². The summed E-state index contributed by atoms with van der Waals surface area (Å²) < 4.78 is 0. The van der Waals surface area contributed by atoms with Crippen molar-refractivity contribution in [3.05, 3.63) is 90.5 Å². The molecule has 2 fully saturated rings. The largest absolute Gasteiger partial charge is 0.291 e. The quantitative estimate of drug-likeness (QED) is 0.259. The minimum atomic E-state index is -0.478. The zero-order valence-corrected chi connectivity index (χ0v) is 24.1. The fraction of sp³-hybridized carbons (Fsp3) is 0.412. The van der Waals surface area contributed by atoms with Crippen LogP contribution in [0, 0.1) is 22.7 Å². The zero-order valence-electron chi connectivity index (χ0n) is 23.2. The molecule has 2 unspecified atom stereocenters. The van der Waals surface area contributed by atoms with Crippen LogP contribution in [0.15, 0.2) is 84.9 Å². The summed E-state index contributed by atoms with van der Waals surface area (Å²) in [6.45, 7) is 13.0. The average molecular weight is 513 g/mol. The number of hydrogen-bond acceptors (Lipinski definition) is 2. The van der Waals surface area contributed by atoms with Crippen LogP contribution in [-0.4, -0.2) is 11.6 Å². The zero-order chi connectivity index (χ0) is 26.8. The first kappa shape index (κ1) is 27.5. The SMILES string of the molecule is CC(C)CC12CCC(C(=O)C1=O)C2(C)C.CC(C)c1ccc(P(c2ccccc2)c2ccccc2)cc1. The van der Waals surface area contributed by atoms with Crippen molar-refractivity contribution in [3.8, 4) is 0 Å². The summed E-state index contributed by atoms with van der Waals surface area (Å²) in [5, 5.41) is 4.22. The Balaban J connectivity index is 0.000000186. The maximum absolute atomic E-state index is 12.1. The van der Waals surface area contributed by atoms with Crippen LogP contribution in [0.2, 0.25) is 0 Å². The Morgan fingerprint density at radius 3 is 1.65 bits per heavy atom. The van der Waals surface area contributed by atoms with Crippen molar-refractivity contribution < 1.29 is 9.59 Å². The van der Waals surface area contributed by atoms with Crippen LogP contribution in [0.25, 0.3) is 0 Å². The molecule has 2 bridgehead atoms. The number of ketones is 2. The lowest BCUT2D eigenvalue weighted by atomic mass is 9.65. The van der Waals surface area contributed by atoms with Crippen LogP contribution in [0.4, 0.5) is 0 Å². The number of benzene rings is 3. The minimum absolute atomic E-state index is 0.00347. The van der Waals surface area contributed by atoms with Crippen molar-refractivity contribution in [2.75, 3.05) is 0 Å². The summed E-state index contributed by atoms with van der Waals surface area (Å²) in [7, 11) is -0.478. The summed E-state index contributed by atoms with van der Waals surface area (Å²) in [6.07, 6.45) is 2.72. The Morgan fingerprint density at radius 2 is 1.24 bits per heavy atom. The predicted octanol–water partition coefficient (Wildman–Crippen LogP) is 7.18. The number of hydrogen-bond donors (Lipinski definition) is 0. The van der Waals surface area contributed by atoms with Gasteiger partial charge in [-0.25, -0.2) is 0 Å². The molecule has 0 saturated heterocycles. The van der Waals surface area contributed by atoms with E-state index < -0.39 is 7.92 Å². The number of carbonyl (C=O) groups excluding carboxylic acids is 2. The van der Waals surface area contributed by atoms with Crippen molar-refractivity contribution >= 4 is 35.4 Å². The molecule has 0 aliphatic heterocycles. The van der Waals surface area contributed by atoms with Gasteiger partial charge in [-0.05, 0) is 65.9 Å². The Hall–Kier alpha value is -2.57. The van der Waals surface area contributed by atoms with Crippen LogP contribution in [0.3, 0.4) is 0 Å². The van der Waals surface area contributed by atoms with Gasteiger partial charge in [0.1, 0.15) is 0 Å². The second-order valence-corrected chi connectivity index (χ2v) is 14.2. The molecule has 194 valence electrons. The van der Waals surface area contributed by atoms with E-state index >= 15 is 0 Å². The summed E-state index contributed by atoms with van der Waals surface area (Å²) in [5.41, 5.74) is 0.966. The van der Waals surface area contributed by atoms with E-state index in [9.17, 15) is 9.59 Å². The van der Waals surface area contributed by atoms with Crippen molar-refractivity contribution in [2.45, 2.75) is 66.7 Å². The van der Waals surface area contributed by atoms with Gasteiger partial charge in [-0.15, -0.1) is 0 Å². The molecule has 0 aromatic heterocycles. The number of carbonyl (C=O) groups is 2. The molecule has 2 atom stereocenters. The van der Waals surface area contributed by atoms with Crippen LogP contribution >= 0.6 is 7.92 Å². The molecule has 0 N–H and O–H groups in total. The highest BCUT2D eigenvalue weighted by atomic mass is 31.1. The topological polar surface area (TPSA) is 34.1 Å². The standard InChI is InChI=1S/C21H21P.C13H20O2/c1-17(2)18-13-15-21(16-14-18)22(19-9-5-3-6-10-19)20-11-7-4-8-12-20;1-8(2)7-13-6-5-9(12(13,3)4)10(14)11(13)15/h3-17H,1-2H3;8-9H,5-7H2,1-4H3. The lowest BCUT2D eigenvalue weighted by Crippen LogP contribution is -2.38. The van der Waals surface area contributed by atoms with E-state index in [1.807, 2.05) is 0 Å². The van der Waals surface area contributed by atoms with E-state index in [2.05, 4.69) is 126 Å². The van der Waals surface area contributed by atoms with Gasteiger partial charge in [-0.3, -0.25) is 9.59 Å². The summed E-state index contributed by atoms with van der Waals surface area (Å²) >= 11 is 0. The molecule has 0 spiro atoms. The Kier molecular flexibility index (Phi) is 8.20. The maximum atomic E-state index is 12.1. The fourth-order valence-corrected chi connectivity index (χ4v) is 8.71. The van der Waals surface area contributed by atoms with Crippen molar-refractivity contribution in [2.24, 2.45) is 22.7 Å². The highest BCUT2D eigenvalue weighted by molar-refractivity contribution is 7.79. The molecule has 2 saturated carbocycles. The first-order valence-corrected chi connectivity index (χ1v) is 15.0. The Labute approximate surface area is 224 Å². The first-order valence-electron chi connectivity index (χ1n) is 13.7. The third kappa shape index (κ3) is 5.23. The molecule has 5 rings (SSSR count). The lowest BCUT2D eigenvalue weighted by molar-refractivity contribution is -0.142. The van der Waals surface area contributed by atoms with Crippen molar-refractivity contribution in [1.29, 1.82) is 0 Å². The van der Waals surface area contributed by atoms with Crippen LogP contribution in [0.1, 0.15) is 72.3 Å². The summed E-state index contributed by atoms with van der Waals surface area (Å²) in [5.74, 6) is 0.903. The second-order valence-electron chi connectivity index (χ2n) is 11.9. The van der Waals surface area contributed by atoms with Gasteiger partial charge in [0, 0.05) is 11.3 Å². The van der Waals surface area contributed by atoms with E-state index in [0.29, 0.717) is 11.8 Å². The predicted molar refractivity (Wildman–Crippen MR) is 158 cm³/mol. The van der Waals surface area contributed by atoms with E-state index in [0.717, 1.165) is 19.3 Å². The first-order chi connectivity index (χ1) is 17.6. The highest BCUT2D eigenvalue weighted by Crippen LogP contribution is 2.64. The van der Waals surface area contributed by atoms with E-state index in [1.54, 1.807) is 0 Å². The molecule has 2 aliphatic rings. The Morgan fingerprint density at radius 1 is 0.757 bits per heavy atom. The van der Waals surface area contributed by atoms with Crippen molar-refractivity contribution in [3.63, 3.8) is 0 Å². The molecule has 2 aliphatic carbocycles. The van der Waals surface area contributed by atoms with Crippen LogP contribution < -0.4 is 15.9 Å². The minimum Gasteiger partial charge on any atom is -0.291 e. The molecule has 0 amide bonds. The molecule has 2 nitrogen and oxygen atoms in total. The third-order valence-electron chi connectivity index (χ3n) is 8.54. The van der Waals surface area contributed by atoms with Gasteiger partial charge in [-0.1, -0.05) is 126 Å². The molecule has 0 heterocycles. The highest BCUT2D eigenvalue weighted by Gasteiger charge is 2.68. The van der Waals surface area contributed by atoms with E-state index in [1.165, 1.54) is 21.5 Å². The smallest absolute Gasteiger partial charge is 0.205 e. The maximum Gasteiger partial charge on any atom is 0.205 e. The van der Waals surface area contributed by atoms with Gasteiger partial charge >= 0.3 is 0 Å². The molecule has 37 heavy (non-hydrogen) atoms. The molecule has 3 aromatic rings. The van der Waals surface area contributed by atoms with Gasteiger partial charge in [-0.2, -0.15) is 0 Å². The average Bonchev–Trinajstić information content (AvgIpc) is 3.21. The van der Waals surface area contributed by atoms with Gasteiger partial charge in [0.25, 0.3) is 0 Å². The monoisotopic (exact) mass is 512 g/mol. The summed E-state index contributed by atoms with van der Waals surface area (Å²) in [6, 6.07) is 30.9. The normalized spacial score (nSPS) is 22.0. The van der Waals surface area contributed by atoms with Crippen molar-refractivity contribution in [1.82, 2.24) is 0 Å². The van der Waals surface area contributed by atoms with Crippen LogP contribution in [0.5, 0.6) is 0 Å². The molecule has 3 aromatic carbocycles. The Bertz CT molecular complexity index is 1170. The number of rotatable bonds is 6. The number of fused-ring (bicyclic) bond motifs is 2. The third-order valence-corrected chi connectivity index (χ3v) is 11.0. The van der Waals surface area contributed by atoms with Gasteiger partial charge in [0.2, 0.25) is 11.6 Å². The lowest BCUT2D eigenvalue weighted by Gasteiger charge is -2.36. The molecule has 0 radical (unpaired) electrons. The molecular formula is C34H41O2P. The fourth-order valence-electron chi connectivity index (χ4n) is 6.43.